The Balaban J connectivity index is 1.82. The molecule has 0 saturated carbocycles. The molecule has 1 saturated heterocycles. The van der Waals surface area contributed by atoms with Crippen molar-refractivity contribution in [3.05, 3.63) is 11.1 Å². The van der Waals surface area contributed by atoms with E-state index in [1.54, 1.807) is 27.7 Å². The van der Waals surface area contributed by atoms with Gasteiger partial charge in [0.05, 0.1) is 6.04 Å². The number of nitrogens with one attached hydrogen (secondary N) is 1. The highest BCUT2D eigenvalue weighted by Gasteiger charge is 2.47. The number of thiazole rings is 1. The quantitative estimate of drug-likeness (QED) is 0.209. The van der Waals surface area contributed by atoms with Gasteiger partial charge in [-0.2, -0.15) is 0 Å². The third kappa shape index (κ3) is 6.62. The highest BCUT2D eigenvalue weighted by Crippen LogP contribution is 2.21. The van der Waals surface area contributed by atoms with Crippen molar-refractivity contribution in [2.75, 3.05) is 26.1 Å². The van der Waals surface area contributed by atoms with Crippen molar-refractivity contribution in [1.82, 2.24) is 15.4 Å². The maximum Gasteiger partial charge on any atom is 0.344 e. The maximum atomic E-state index is 12.5. The second kappa shape index (κ2) is 10.4. The topological polar surface area (TPSA) is 172 Å². The van der Waals surface area contributed by atoms with E-state index in [2.05, 4.69) is 20.3 Å². The van der Waals surface area contributed by atoms with Crippen LogP contribution in [-0.4, -0.2) is 77.5 Å². The number of esters is 2. The Bertz CT molecular complexity index is 909. The van der Waals surface area contributed by atoms with Gasteiger partial charge in [-0.3, -0.25) is 14.4 Å². The van der Waals surface area contributed by atoms with Crippen LogP contribution in [0.25, 0.3) is 0 Å². The molecule has 2 rings (SSSR count). The number of hydrogen-bond acceptors (Lipinski definition) is 12. The second-order valence-corrected chi connectivity index (χ2v) is 8.46. The number of ether oxygens (including phenoxy) is 2. The molecule has 0 unspecified atom stereocenters. The van der Waals surface area contributed by atoms with E-state index in [1.165, 1.54) is 12.5 Å². The third-order valence-corrected chi connectivity index (χ3v) is 4.55. The van der Waals surface area contributed by atoms with E-state index in [9.17, 15) is 19.2 Å². The molecule has 2 heterocycles. The molecule has 2 atom stereocenters. The molecule has 32 heavy (non-hydrogen) atoms. The van der Waals surface area contributed by atoms with Crippen LogP contribution in [0.3, 0.4) is 0 Å². The number of anilines is 1. The Morgan fingerprint density at radius 1 is 1.28 bits per heavy atom. The molecular weight excluding hydrogens is 446 g/mol. The monoisotopic (exact) mass is 471 g/mol. The first-order valence-corrected chi connectivity index (χ1v) is 10.3. The van der Waals surface area contributed by atoms with Gasteiger partial charge in [0.2, 0.25) is 0 Å². The lowest BCUT2D eigenvalue weighted by Gasteiger charge is -2.43. The number of β-lactam (4-membered cyclic amide) rings is 1. The Morgan fingerprint density at radius 3 is 2.50 bits per heavy atom. The lowest BCUT2D eigenvalue weighted by atomic mass is 10.00. The molecule has 0 aliphatic carbocycles. The first-order chi connectivity index (χ1) is 14.9. The van der Waals surface area contributed by atoms with Crippen molar-refractivity contribution in [3.63, 3.8) is 0 Å². The molecule has 176 valence electrons. The fraction of sp³-hybridized carbons (Fsp3) is 0.556. The van der Waals surface area contributed by atoms with Crippen LogP contribution < -0.4 is 11.1 Å². The predicted octanol–water partition coefficient (Wildman–Crippen LogP) is -0.392. The fourth-order valence-corrected chi connectivity index (χ4v) is 3.08. The van der Waals surface area contributed by atoms with Crippen molar-refractivity contribution in [2.24, 2.45) is 5.16 Å². The molecule has 14 heteroatoms. The van der Waals surface area contributed by atoms with Crippen LogP contribution in [0.2, 0.25) is 0 Å². The van der Waals surface area contributed by atoms with Gasteiger partial charge in [0.25, 0.3) is 11.8 Å². The molecule has 0 aromatic carbocycles. The van der Waals surface area contributed by atoms with Crippen LogP contribution in [0.4, 0.5) is 5.13 Å². The van der Waals surface area contributed by atoms with Gasteiger partial charge in [-0.1, -0.05) is 5.16 Å². The number of nitrogens with zero attached hydrogens (tertiary/aromatic N) is 3. The van der Waals surface area contributed by atoms with Gasteiger partial charge in [-0.15, -0.1) is 11.3 Å². The summed E-state index contributed by atoms with van der Waals surface area (Å²) in [4.78, 5) is 61.9. The zero-order valence-corrected chi connectivity index (χ0v) is 19.1. The molecule has 1 aromatic heterocycles. The first kappa shape index (κ1) is 25.0. The summed E-state index contributed by atoms with van der Waals surface area (Å²) in [5.74, 6) is -2.85. The van der Waals surface area contributed by atoms with Gasteiger partial charge in [0.1, 0.15) is 24.4 Å². The minimum atomic E-state index is -0.918. The molecule has 1 aliphatic rings. The number of rotatable bonds is 9. The Hall–Kier alpha value is -3.26. The summed E-state index contributed by atoms with van der Waals surface area (Å²) in [6, 6.07) is -1.51. The zero-order valence-electron chi connectivity index (χ0n) is 18.2. The largest absolute Gasteiger partial charge is 0.457 e. The number of nitrogen functional groups attached to an aromatic ring is 1. The van der Waals surface area contributed by atoms with Crippen LogP contribution in [-0.2, 0) is 38.3 Å². The number of hydroxylamine groups is 2. The Morgan fingerprint density at radius 2 is 1.97 bits per heavy atom. The number of carbonyl (C=O) groups is 4. The summed E-state index contributed by atoms with van der Waals surface area (Å²) >= 11 is 1.12. The van der Waals surface area contributed by atoms with Crippen molar-refractivity contribution < 1.29 is 38.3 Å². The number of oxime groups is 1. The van der Waals surface area contributed by atoms with Crippen LogP contribution in [0.15, 0.2) is 10.5 Å². The summed E-state index contributed by atoms with van der Waals surface area (Å²) in [7, 11) is 1.26. The van der Waals surface area contributed by atoms with Crippen LogP contribution in [0.5, 0.6) is 0 Å². The summed E-state index contributed by atoms with van der Waals surface area (Å²) in [5.41, 5.74) is 4.92. The number of amides is 2. The number of hydrogen-bond donors (Lipinski definition) is 2. The van der Waals surface area contributed by atoms with Crippen LogP contribution in [0.1, 0.15) is 33.4 Å². The fourth-order valence-electron chi connectivity index (χ4n) is 2.54. The lowest BCUT2D eigenvalue weighted by molar-refractivity contribution is -0.234. The van der Waals surface area contributed by atoms with E-state index in [4.69, 9.17) is 20.0 Å². The van der Waals surface area contributed by atoms with Gasteiger partial charge in [-0.05, 0) is 27.7 Å². The maximum absolute atomic E-state index is 12.5. The summed E-state index contributed by atoms with van der Waals surface area (Å²) in [5, 5.41) is 8.84. The molecule has 13 nitrogen and oxygen atoms in total. The molecule has 1 fully saturated rings. The Labute approximate surface area is 187 Å². The molecule has 0 bridgehead atoms. The molecule has 0 spiro atoms. The summed E-state index contributed by atoms with van der Waals surface area (Å²) < 4.78 is 9.76. The summed E-state index contributed by atoms with van der Waals surface area (Å²) in [6.07, 6.45) is 0. The molecular formula is C18H25N5O8S. The van der Waals surface area contributed by atoms with Crippen molar-refractivity contribution in [2.45, 2.75) is 45.4 Å². The number of nitrogens with two attached hydrogens (primary N) is 1. The molecule has 0 radical (unpaired) electrons. The number of aromatic nitrogens is 1. The van der Waals surface area contributed by atoms with Crippen molar-refractivity contribution >= 4 is 45.9 Å². The number of carbonyl (C=O) groups excluding carboxylic acids is 4. The average Bonchev–Trinajstić information content (AvgIpc) is 3.13. The molecule has 1 aromatic rings. The highest BCUT2D eigenvalue weighted by molar-refractivity contribution is 7.13. The molecule has 1 aliphatic heterocycles. The van der Waals surface area contributed by atoms with E-state index in [0.29, 0.717) is 0 Å². The van der Waals surface area contributed by atoms with Crippen molar-refractivity contribution in [3.8, 4) is 0 Å². The van der Waals surface area contributed by atoms with Crippen molar-refractivity contribution in [1.29, 1.82) is 0 Å². The van der Waals surface area contributed by atoms with Gasteiger partial charge >= 0.3 is 11.9 Å². The van der Waals surface area contributed by atoms with Gasteiger partial charge < -0.3 is 25.4 Å². The minimum absolute atomic E-state index is 0.148. The Kier molecular flexibility index (Phi) is 8.10. The van der Waals surface area contributed by atoms with Gasteiger partial charge in [-0.25, -0.2) is 19.6 Å². The van der Waals surface area contributed by atoms with E-state index < -0.39 is 54.7 Å². The minimum Gasteiger partial charge on any atom is -0.457 e. The standard InChI is InChI=1S/C18H25N5O8S/c1-9-13(21-15(26)14(22-28-5)10-8-32-17(19)20-10)16(27)23(9)30-7-11(24)29-6-12(25)31-18(2,3)4/h8-9,13H,6-7H2,1-5H3,(H2,19,20)(H,21,26)/t9-,13-/m0/s1. The smallest absolute Gasteiger partial charge is 0.344 e. The lowest BCUT2D eigenvalue weighted by Crippen LogP contribution is -2.70. The van der Waals surface area contributed by atoms with Gasteiger partial charge in [0.15, 0.2) is 24.1 Å². The van der Waals surface area contributed by atoms with E-state index >= 15 is 0 Å². The van der Waals surface area contributed by atoms with E-state index in [0.717, 1.165) is 16.4 Å². The van der Waals surface area contributed by atoms with Crippen LogP contribution >= 0.6 is 11.3 Å². The van der Waals surface area contributed by atoms with Crippen LogP contribution in [0, 0.1) is 0 Å². The second-order valence-electron chi connectivity index (χ2n) is 7.57. The van der Waals surface area contributed by atoms with E-state index in [1.807, 2.05) is 0 Å². The average molecular weight is 471 g/mol. The summed E-state index contributed by atoms with van der Waals surface area (Å²) in [6.45, 7) is 5.46. The highest BCUT2D eigenvalue weighted by atomic mass is 32.1. The third-order valence-electron chi connectivity index (χ3n) is 3.88. The van der Waals surface area contributed by atoms with E-state index in [-0.39, 0.29) is 16.5 Å². The predicted molar refractivity (Wildman–Crippen MR) is 111 cm³/mol. The molecule has 3 N–H and O–H groups in total. The zero-order chi connectivity index (χ0) is 24.1. The van der Waals surface area contributed by atoms with Gasteiger partial charge in [0, 0.05) is 5.38 Å². The normalized spacial score (nSPS) is 18.6. The molecule has 2 amide bonds. The SMILES string of the molecule is CON=C(C(=O)N[C@@H]1C(=O)N(OCC(=O)OCC(=O)OC(C)(C)C)[C@H]1C)c1csc(N)n1. The first-order valence-electron chi connectivity index (χ1n) is 9.39.